The average Bonchev–Trinajstić information content (AvgIpc) is 3.19. The van der Waals surface area contributed by atoms with Crippen molar-refractivity contribution in [3.63, 3.8) is 0 Å². The van der Waals surface area contributed by atoms with E-state index in [9.17, 15) is 0 Å². The van der Waals surface area contributed by atoms with Crippen LogP contribution in [0.4, 0.5) is 0 Å². The monoisotopic (exact) mass is 718 g/mol. The summed E-state index contributed by atoms with van der Waals surface area (Å²) in [5, 5.41) is 3.99. The van der Waals surface area contributed by atoms with Crippen molar-refractivity contribution in [1.82, 2.24) is 0 Å². The maximum atomic E-state index is 6.82. The second kappa shape index (κ2) is 15.9. The normalized spacial score (nSPS) is 11.0. The molecule has 254 valence electrons. The summed E-state index contributed by atoms with van der Waals surface area (Å²) in [5.74, 6) is 3.64. The fourth-order valence-electron chi connectivity index (χ4n) is 5.71. The molecule has 8 heteroatoms. The molecule has 0 fully saturated rings. The molecule has 8 aromatic carbocycles. The van der Waals surface area contributed by atoms with E-state index in [4.69, 9.17) is 27.1 Å². The highest BCUT2D eigenvalue weighted by Crippen LogP contribution is 2.53. The zero-order chi connectivity index (χ0) is 35.0. The first-order chi connectivity index (χ1) is 25.8. The minimum atomic E-state index is -1.97. The number of benzene rings is 8. The predicted octanol–water partition coefficient (Wildman–Crippen LogP) is 13.2. The molecule has 8 aromatic rings. The van der Waals surface area contributed by atoms with Crippen molar-refractivity contribution in [2.24, 2.45) is 0 Å². The lowest BCUT2D eigenvalue weighted by Gasteiger charge is -2.23. The number of hydrogen-bond acceptors (Lipinski definition) is 6. The Morgan fingerprint density at radius 2 is 0.538 bits per heavy atom. The minimum Gasteiger partial charge on any atom is -0.409 e. The summed E-state index contributed by atoms with van der Waals surface area (Å²) in [4.78, 5) is 0. The van der Waals surface area contributed by atoms with Crippen LogP contribution in [0.1, 0.15) is 0 Å². The molecule has 0 aromatic heterocycles. The van der Waals surface area contributed by atoms with Gasteiger partial charge in [-0.15, -0.1) is 0 Å². The molecule has 0 amide bonds. The number of hydrogen-bond donors (Lipinski definition) is 0. The van der Waals surface area contributed by atoms with Gasteiger partial charge in [-0.2, -0.15) is 0 Å². The second-order valence-electron chi connectivity index (χ2n) is 11.6. The zero-order valence-electron chi connectivity index (χ0n) is 27.8. The van der Waals surface area contributed by atoms with Crippen molar-refractivity contribution in [2.75, 3.05) is 0 Å². The number of rotatable bonds is 13. The molecule has 0 N–H and O–H groups in total. The molecule has 52 heavy (non-hydrogen) atoms. The number of para-hydroxylation sites is 4. The lowest BCUT2D eigenvalue weighted by Crippen LogP contribution is -2.05. The van der Waals surface area contributed by atoms with Crippen LogP contribution in [-0.4, -0.2) is 0 Å². The van der Waals surface area contributed by atoms with E-state index in [1.54, 1.807) is 0 Å². The fraction of sp³-hybridized carbons (Fsp3) is 0. The summed E-state index contributed by atoms with van der Waals surface area (Å²) in [5.41, 5.74) is 1.64. The van der Waals surface area contributed by atoms with Crippen molar-refractivity contribution in [1.29, 1.82) is 0 Å². The first-order valence-electron chi connectivity index (χ1n) is 16.7. The fourth-order valence-corrected chi connectivity index (χ4v) is 7.74. The molecule has 0 bridgehead atoms. The molecular weight excluding hydrogens is 686 g/mol. The molecule has 0 saturated heterocycles. The molecule has 0 radical (unpaired) electrons. The van der Waals surface area contributed by atoms with Crippen molar-refractivity contribution in [2.45, 2.75) is 0 Å². The highest BCUT2D eigenvalue weighted by atomic mass is 31.2. The summed E-state index contributed by atoms with van der Waals surface area (Å²) in [6, 6.07) is 62.6. The maximum absolute atomic E-state index is 6.82. The van der Waals surface area contributed by atoms with Gasteiger partial charge in [0.15, 0.2) is 0 Å². The van der Waals surface area contributed by atoms with Crippen molar-refractivity contribution < 1.29 is 27.1 Å². The van der Waals surface area contributed by atoms with Crippen LogP contribution in [0.15, 0.2) is 194 Å². The van der Waals surface area contributed by atoms with Crippen LogP contribution in [-0.2, 0) is 0 Å². The Bertz CT molecular complexity index is 2130. The largest absolute Gasteiger partial charge is 0.530 e. The van der Waals surface area contributed by atoms with Crippen LogP contribution in [0.25, 0.3) is 32.7 Å². The van der Waals surface area contributed by atoms with E-state index in [0.717, 1.165) is 32.7 Å². The standard InChI is InChI=1S/C44H32O6P2/c1-5-19-35(20-6-1)45-51(46-36-21-7-2-8-22-36)49-41-31-29-33-17-13-15-27-39(33)43(41)44-40-28-16-14-18-34(40)30-32-42(44)50-52(47-37-23-9-3-10-24-37)48-38-25-11-4-12-26-38/h1-32H. The highest BCUT2D eigenvalue weighted by Gasteiger charge is 2.28. The van der Waals surface area contributed by atoms with Gasteiger partial charge in [-0.3, -0.25) is 0 Å². The third kappa shape index (κ3) is 7.80. The number of fused-ring (bicyclic) bond motifs is 2. The summed E-state index contributed by atoms with van der Waals surface area (Å²) in [6.45, 7) is 0. The molecule has 0 aliphatic heterocycles. The third-order valence-corrected chi connectivity index (χ3v) is 10.2. The van der Waals surface area contributed by atoms with Crippen LogP contribution in [0.5, 0.6) is 34.5 Å². The zero-order valence-corrected chi connectivity index (χ0v) is 29.6. The first-order valence-corrected chi connectivity index (χ1v) is 18.9. The molecular formula is C44H32O6P2. The van der Waals surface area contributed by atoms with E-state index in [2.05, 4.69) is 24.3 Å². The predicted molar refractivity (Wildman–Crippen MR) is 210 cm³/mol. The molecule has 0 unspecified atom stereocenters. The van der Waals surface area contributed by atoms with Crippen molar-refractivity contribution in [3.05, 3.63) is 194 Å². The Labute approximate surface area is 304 Å². The lowest BCUT2D eigenvalue weighted by atomic mass is 9.92. The molecule has 0 atom stereocenters. The minimum absolute atomic E-state index is 0.565. The quantitative estimate of drug-likeness (QED) is 0.111. The van der Waals surface area contributed by atoms with E-state index in [1.807, 2.05) is 170 Å². The summed E-state index contributed by atoms with van der Waals surface area (Å²) in [6.07, 6.45) is 0. The first kappa shape index (κ1) is 33.1. The topological polar surface area (TPSA) is 55.4 Å². The summed E-state index contributed by atoms with van der Waals surface area (Å²) < 4.78 is 39.2. The van der Waals surface area contributed by atoms with Crippen molar-refractivity contribution >= 4 is 38.7 Å². The summed E-state index contributed by atoms with van der Waals surface area (Å²) in [7, 11) is -3.95. The maximum Gasteiger partial charge on any atom is 0.530 e. The average molecular weight is 719 g/mol. The molecule has 0 heterocycles. The third-order valence-electron chi connectivity index (χ3n) is 8.07. The Kier molecular flexibility index (Phi) is 10.1. The SMILES string of the molecule is c1ccc(OP(Oc2ccccc2)Oc2ccc3ccccc3c2-c2c(OP(Oc3ccccc3)Oc3ccccc3)ccc3ccccc23)cc1. The van der Waals surface area contributed by atoms with Gasteiger partial charge in [-0.05, 0) is 82.2 Å². The van der Waals surface area contributed by atoms with E-state index < -0.39 is 17.2 Å². The Balaban J connectivity index is 1.27. The second-order valence-corrected chi connectivity index (χ2v) is 13.6. The van der Waals surface area contributed by atoms with E-state index >= 15 is 0 Å². The molecule has 8 rings (SSSR count). The molecule has 0 spiro atoms. The van der Waals surface area contributed by atoms with Gasteiger partial charge in [0.1, 0.15) is 34.5 Å². The smallest absolute Gasteiger partial charge is 0.409 e. The van der Waals surface area contributed by atoms with Gasteiger partial charge in [0, 0.05) is 11.1 Å². The van der Waals surface area contributed by atoms with Gasteiger partial charge in [0.05, 0.1) is 0 Å². The van der Waals surface area contributed by atoms with Crippen LogP contribution in [0, 0.1) is 0 Å². The van der Waals surface area contributed by atoms with Gasteiger partial charge >= 0.3 is 17.2 Å². The van der Waals surface area contributed by atoms with E-state index in [0.29, 0.717) is 34.5 Å². The summed E-state index contributed by atoms with van der Waals surface area (Å²) >= 11 is 0. The van der Waals surface area contributed by atoms with E-state index in [1.165, 1.54) is 0 Å². The molecule has 0 aliphatic carbocycles. The van der Waals surface area contributed by atoms with Gasteiger partial charge in [-0.1, -0.05) is 133 Å². The van der Waals surface area contributed by atoms with Crippen molar-refractivity contribution in [3.8, 4) is 45.6 Å². The Hall–Kier alpha value is -6.06. The van der Waals surface area contributed by atoms with Gasteiger partial charge in [-0.25, -0.2) is 0 Å². The van der Waals surface area contributed by atoms with Gasteiger partial charge < -0.3 is 27.1 Å². The molecule has 6 nitrogen and oxygen atoms in total. The Morgan fingerprint density at radius 1 is 0.250 bits per heavy atom. The van der Waals surface area contributed by atoms with Gasteiger partial charge in [0.25, 0.3) is 0 Å². The van der Waals surface area contributed by atoms with Crippen LogP contribution >= 0.6 is 17.2 Å². The highest BCUT2D eigenvalue weighted by molar-refractivity contribution is 7.43. The Morgan fingerprint density at radius 3 is 0.865 bits per heavy atom. The molecule has 0 saturated carbocycles. The van der Waals surface area contributed by atoms with E-state index in [-0.39, 0.29) is 0 Å². The molecule has 0 aliphatic rings. The lowest BCUT2D eigenvalue weighted by molar-refractivity contribution is 0.386. The van der Waals surface area contributed by atoms with Crippen LogP contribution < -0.4 is 27.1 Å². The van der Waals surface area contributed by atoms with Gasteiger partial charge in [0.2, 0.25) is 0 Å². The van der Waals surface area contributed by atoms with Crippen LogP contribution in [0.2, 0.25) is 0 Å². The van der Waals surface area contributed by atoms with Crippen LogP contribution in [0.3, 0.4) is 0 Å².